The Balaban J connectivity index is -0.000000162. The normalized spacial score (nSPS) is 11.6. The van der Waals surface area contributed by atoms with Gasteiger partial charge in [-0.2, -0.15) is 0 Å². The van der Waals surface area contributed by atoms with Gasteiger partial charge in [0.05, 0.1) is 0 Å². The summed E-state index contributed by atoms with van der Waals surface area (Å²) in [7, 11) is 0. The van der Waals surface area contributed by atoms with Crippen molar-refractivity contribution in [2.24, 2.45) is 11.8 Å². The van der Waals surface area contributed by atoms with E-state index in [4.69, 9.17) is 0 Å². The van der Waals surface area contributed by atoms with Crippen LogP contribution < -0.4 is 0 Å². The Morgan fingerprint density at radius 1 is 0.252 bits per heavy atom. The van der Waals surface area contributed by atoms with Gasteiger partial charge in [-0.05, 0) is 378 Å². The molecule has 0 heterocycles. The summed E-state index contributed by atoms with van der Waals surface area (Å²) in [4.78, 5) is 0. The van der Waals surface area contributed by atoms with Crippen molar-refractivity contribution in [3.8, 4) is 0 Å². The van der Waals surface area contributed by atoms with Crippen molar-refractivity contribution >= 4 is 0 Å². The van der Waals surface area contributed by atoms with Crippen molar-refractivity contribution < 1.29 is 0 Å². The highest BCUT2D eigenvalue weighted by atomic mass is 14.1. The summed E-state index contributed by atoms with van der Waals surface area (Å²) >= 11 is 0. The van der Waals surface area contributed by atoms with Gasteiger partial charge in [-0.25, -0.2) is 0 Å². The van der Waals surface area contributed by atoms with Gasteiger partial charge in [0.25, 0.3) is 0 Å². The van der Waals surface area contributed by atoms with E-state index in [1.807, 2.05) is 66.8 Å². The minimum Gasteiger partial charge on any atom is -0.102 e. The zero-order chi connectivity index (χ0) is 106. The van der Waals surface area contributed by atoms with E-state index in [9.17, 15) is 0 Å². The summed E-state index contributed by atoms with van der Waals surface area (Å²) in [5.41, 5.74) is 32.0. The molecule has 0 aliphatic rings. The monoisotopic (exact) mass is 1840 g/mol. The van der Waals surface area contributed by atoms with Crippen LogP contribution in [0.15, 0.2) is 446 Å². The smallest absolute Gasteiger partial charge is 0.00814 e. The fourth-order valence-electron chi connectivity index (χ4n) is 10.7. The van der Waals surface area contributed by atoms with Gasteiger partial charge in [0.1, 0.15) is 0 Å². The number of rotatable bonds is 58. The fourth-order valence-corrected chi connectivity index (χ4v) is 10.7. The molecule has 0 N–H and O–H groups in total. The van der Waals surface area contributed by atoms with E-state index in [-0.39, 0.29) is 0 Å². The second-order valence-electron chi connectivity index (χ2n) is 37.7. The first-order valence-electron chi connectivity index (χ1n) is 50.5. The molecule has 0 aliphatic heterocycles. The maximum atomic E-state index is 3.93. The third-order valence-corrected chi connectivity index (χ3v) is 20.0. The maximum absolute atomic E-state index is 3.93. The lowest BCUT2D eigenvalue weighted by molar-refractivity contribution is 0.663. The van der Waals surface area contributed by atoms with Crippen molar-refractivity contribution in [3.63, 3.8) is 0 Å². The van der Waals surface area contributed by atoms with Crippen LogP contribution in [0.1, 0.15) is 394 Å². The summed E-state index contributed by atoms with van der Waals surface area (Å²) in [5, 5.41) is 0. The van der Waals surface area contributed by atoms with Gasteiger partial charge in [-0.3, -0.25) is 0 Å². The second kappa shape index (κ2) is 110. The lowest BCUT2D eigenvalue weighted by atomic mass is 10.0. The molecule has 1 unspecified atom stereocenters. The highest BCUT2D eigenvalue weighted by Gasteiger charge is 1.99. The summed E-state index contributed by atoms with van der Waals surface area (Å²) in [6.07, 6.45) is 104. The minimum atomic E-state index is 0.482. The quantitative estimate of drug-likeness (QED) is 0.0421. The van der Waals surface area contributed by atoms with Gasteiger partial charge in [-0.1, -0.05) is 460 Å². The summed E-state index contributed by atoms with van der Waals surface area (Å²) in [5.74, 6) is 1.23. The van der Waals surface area contributed by atoms with Crippen LogP contribution in [-0.2, 0) is 0 Å². The van der Waals surface area contributed by atoms with E-state index in [1.165, 1.54) is 157 Å². The van der Waals surface area contributed by atoms with Crippen LogP contribution in [-0.4, -0.2) is 0 Å². The predicted molar refractivity (Wildman–Crippen MR) is 641 cm³/mol. The van der Waals surface area contributed by atoms with Crippen molar-refractivity contribution in [1.82, 2.24) is 0 Å². The van der Waals surface area contributed by atoms with E-state index >= 15 is 0 Å². The number of hydrogen-bond acceptors (Lipinski definition) is 0. The molecule has 0 nitrogen and oxygen atoms in total. The summed E-state index contributed by atoms with van der Waals surface area (Å²) < 4.78 is 0. The van der Waals surface area contributed by atoms with Crippen molar-refractivity contribution in [1.29, 1.82) is 0 Å². The molecular weight excluding hydrogens is 1620 g/mol. The van der Waals surface area contributed by atoms with Gasteiger partial charge in [0.15, 0.2) is 0 Å². The van der Waals surface area contributed by atoms with Gasteiger partial charge in [0.2, 0.25) is 0 Å². The van der Waals surface area contributed by atoms with Crippen molar-refractivity contribution in [2.45, 2.75) is 394 Å². The summed E-state index contributed by atoms with van der Waals surface area (Å²) in [6, 6.07) is 0. The molecule has 0 aromatic carbocycles. The molecule has 135 heavy (non-hydrogen) atoms. The van der Waals surface area contributed by atoms with Crippen LogP contribution in [0.2, 0.25) is 0 Å². The number of allylic oxidation sites excluding steroid dienone is 58. The van der Waals surface area contributed by atoms with Crippen LogP contribution in [0.5, 0.6) is 0 Å². The molecule has 0 aliphatic carbocycles. The fraction of sp³-hybridized carbons (Fsp3) is 0.452. The maximum Gasteiger partial charge on any atom is -0.00814 e. The van der Waals surface area contributed by atoms with Crippen LogP contribution in [0.25, 0.3) is 0 Å². The summed E-state index contributed by atoms with van der Waals surface area (Å²) in [6.45, 7) is 125. The standard InChI is InChI=1S/C20H32.4C15H24.C14H22.C11H18.3C10H16/c1-7-18(4)12-9-14-20(6)16-10-15-19(5)13-8-11-17(2)3;4*1-6-14(4)10-8-12-15(5)11-7-9-13(2)3;1-5-6-7-8-11-14(4)12-9-10-13(2)3;1-5-11(6-2)9-7-8-10(3)4;3*1-5-10(4)8-6-7-9(2)3/h7,11,14-15H,1,4,8-10,12-13,16H2,2-3,5-6H3;6,9-10,12H,1,7-8,11H2,2-5H3;6,9,12H,1,4,7-8,10-11H2,2-3,5H3;6-7,11-13H,1,4,8-10H2,2-3,5H3;6,12H,1-2,4,7-11H2,3,5H3;5-7,10-11H,1,8-9,12H2,2-4H3;5,8-9H,1,6-7H2,2-4H3;5,7-8H,1,6H2,2-4H3;5-8,10H,1H2,2-4H3;5,7H,1,4,6,8H2,2-3H3/b19-15-,20-14-;14-10+,15-12+;15-12+;11-7-,15-12+;15-12+;7-6+,14-11+;11-9+;10-8+;8-6-;. The molecule has 0 saturated carbocycles. The van der Waals surface area contributed by atoms with Crippen molar-refractivity contribution in [3.05, 3.63) is 446 Å². The van der Waals surface area contributed by atoms with Crippen LogP contribution in [0.3, 0.4) is 0 Å². The Morgan fingerprint density at radius 3 is 0.822 bits per heavy atom. The molecule has 0 amide bonds. The first kappa shape index (κ1) is 146. The molecule has 0 aromatic rings. The first-order valence-corrected chi connectivity index (χ1v) is 50.5. The Hall–Kier alpha value is -9.62. The first-order chi connectivity index (χ1) is 63.5. The van der Waals surface area contributed by atoms with Crippen LogP contribution >= 0.6 is 0 Å². The average Bonchev–Trinajstić information content (AvgIpc) is 1.02. The third kappa shape index (κ3) is 148. The van der Waals surface area contributed by atoms with Gasteiger partial charge in [0, 0.05) is 0 Å². The molecule has 0 bridgehead atoms. The molecule has 0 radical (unpaired) electrons. The Kier molecular flexibility index (Phi) is 118. The lowest BCUT2D eigenvalue weighted by Gasteiger charge is -2.02. The molecule has 1 atom stereocenters. The largest absolute Gasteiger partial charge is 0.102 e. The van der Waals surface area contributed by atoms with E-state index in [2.05, 4.69) is 453 Å². The zero-order valence-electron chi connectivity index (χ0n) is 94.6. The molecule has 0 saturated heterocycles. The Bertz CT molecular complexity index is 3970. The van der Waals surface area contributed by atoms with Gasteiger partial charge < -0.3 is 0 Å². The van der Waals surface area contributed by atoms with Gasteiger partial charge >= 0.3 is 0 Å². The second-order valence-corrected chi connectivity index (χ2v) is 37.7. The SMILES string of the molecule is C=C/C(=C\CC=C(C)C)CC.C=C/C(C)=C/C/C=C(\C)CCC=C(C)C.C=C/C(C)=C/CC=C(C)C.C=C/C=C/C/C=C(\C)CCC=C(C)C.C=CC(=C)CC/C=C(/C)CC/C=C(/C)CCC=C(C)C.C=CC(=C)CC/C=C(C)/C=C\CC(C)C.C=CC(=C)CC/C=C(\C)CCC=C(C)C.C=CC(=C)CC/C=C(\C)CCCC(=C)C.C=CC(=C)CCC=C(C)C.C=CC(C)/C=C\C=C(C)C. The highest BCUT2D eigenvalue weighted by molar-refractivity contribution is 5.23. The molecule has 0 heteroatoms. The number of hydrogen-bond donors (Lipinski definition) is 0. The Morgan fingerprint density at radius 2 is 0.541 bits per heavy atom. The zero-order valence-corrected chi connectivity index (χ0v) is 94.6. The van der Waals surface area contributed by atoms with E-state index in [0.29, 0.717) is 5.92 Å². The van der Waals surface area contributed by atoms with E-state index < -0.39 is 0 Å². The average molecular weight is 1840 g/mol. The molecular formula is C135H216. The van der Waals surface area contributed by atoms with E-state index in [0.717, 1.165) is 169 Å². The third-order valence-electron chi connectivity index (χ3n) is 20.0. The highest BCUT2D eigenvalue weighted by Crippen LogP contribution is 2.19. The predicted octanol–water partition coefficient (Wildman–Crippen LogP) is 46.5. The topological polar surface area (TPSA) is 0 Å². The molecule has 0 aromatic heterocycles. The lowest BCUT2D eigenvalue weighted by Crippen LogP contribution is -1.82. The van der Waals surface area contributed by atoms with Crippen LogP contribution in [0, 0.1) is 11.8 Å². The molecule has 756 valence electrons. The molecule has 0 spiro atoms. The van der Waals surface area contributed by atoms with Gasteiger partial charge in [-0.15, -0.1) is 13.2 Å². The molecule has 0 fully saturated rings. The Labute approximate surface area is 845 Å². The van der Waals surface area contributed by atoms with Crippen molar-refractivity contribution in [2.75, 3.05) is 0 Å². The van der Waals surface area contributed by atoms with Crippen LogP contribution in [0.4, 0.5) is 0 Å². The minimum absolute atomic E-state index is 0.482. The van der Waals surface area contributed by atoms with E-state index in [1.54, 1.807) is 0 Å². The molecule has 0 rings (SSSR count).